The number of unbranched alkanes of at least 4 members (excludes halogenated alkanes) is 8. The van der Waals surface area contributed by atoms with Crippen LogP contribution in [0.2, 0.25) is 0 Å². The van der Waals surface area contributed by atoms with E-state index in [-0.39, 0.29) is 26.1 Å². The van der Waals surface area contributed by atoms with Crippen LogP contribution >= 0.6 is 7.82 Å². The van der Waals surface area contributed by atoms with Crippen LogP contribution in [0.3, 0.4) is 0 Å². The summed E-state index contributed by atoms with van der Waals surface area (Å²) in [4.78, 5) is 35.3. The average Bonchev–Trinajstić information content (AvgIpc) is 3.17. The molecule has 0 aliphatic carbocycles. The maximum atomic E-state index is 12.7. The zero-order valence-corrected chi connectivity index (χ0v) is 37.9. The molecular weight excluding hydrogens is 750 g/mol. The van der Waals surface area contributed by atoms with Gasteiger partial charge in [0, 0.05) is 12.8 Å². The van der Waals surface area contributed by atoms with Crippen LogP contribution in [-0.4, -0.2) is 74.9 Å². The van der Waals surface area contributed by atoms with Crippen molar-refractivity contribution >= 4 is 19.8 Å². The second-order valence-corrected chi connectivity index (χ2v) is 16.8. The van der Waals surface area contributed by atoms with Gasteiger partial charge in [-0.15, -0.1) is 0 Å². The average molecular weight is 831 g/mol. The molecule has 0 spiro atoms. The molecule has 0 amide bonds. The number of phosphoric acid groups is 1. The van der Waals surface area contributed by atoms with Crippen LogP contribution in [0.15, 0.2) is 97.2 Å². The van der Waals surface area contributed by atoms with E-state index in [0.29, 0.717) is 30.3 Å². The third-order valence-electron chi connectivity index (χ3n) is 8.60. The fourth-order valence-corrected chi connectivity index (χ4v) is 5.91. The fourth-order valence-electron chi connectivity index (χ4n) is 5.17. The van der Waals surface area contributed by atoms with E-state index in [9.17, 15) is 19.0 Å². The Labute approximate surface area is 353 Å². The Kier molecular flexibility index (Phi) is 37.3. The van der Waals surface area contributed by atoms with Crippen molar-refractivity contribution in [2.75, 3.05) is 47.5 Å². The highest BCUT2D eigenvalue weighted by atomic mass is 31.2. The molecular formula is C48H81NO8P+. The quantitative estimate of drug-likeness (QED) is 0.0215. The first kappa shape index (κ1) is 54.9. The molecule has 1 unspecified atom stereocenters. The van der Waals surface area contributed by atoms with Gasteiger partial charge in [0.2, 0.25) is 0 Å². The Morgan fingerprint density at radius 3 is 1.50 bits per heavy atom. The number of rotatable bonds is 38. The molecule has 0 aromatic rings. The van der Waals surface area contributed by atoms with Gasteiger partial charge in [-0.2, -0.15) is 0 Å². The SMILES string of the molecule is CC/C=C\C/C=C\C/C=C\C/C=C\C/C=C\CCCC(=O)O[C@H](COC(=O)CCCCCC/C=C\C/C=C\C/C=C\CCCCC)COP(=O)(O)OCC[N+](C)(C)C. The van der Waals surface area contributed by atoms with Gasteiger partial charge >= 0.3 is 19.8 Å². The van der Waals surface area contributed by atoms with Crippen molar-refractivity contribution in [2.24, 2.45) is 0 Å². The van der Waals surface area contributed by atoms with Crippen LogP contribution in [0.1, 0.15) is 142 Å². The second-order valence-electron chi connectivity index (χ2n) is 15.3. The van der Waals surface area contributed by atoms with Crippen molar-refractivity contribution in [1.29, 1.82) is 0 Å². The summed E-state index contributed by atoms with van der Waals surface area (Å²) in [5.74, 6) is -0.903. The first-order chi connectivity index (χ1) is 28.0. The minimum Gasteiger partial charge on any atom is -0.462 e. The lowest BCUT2D eigenvalue weighted by Gasteiger charge is -2.24. The number of esters is 2. The maximum absolute atomic E-state index is 12.7. The summed E-state index contributed by atoms with van der Waals surface area (Å²) in [6.07, 6.45) is 51.8. The number of phosphoric ester groups is 1. The highest BCUT2D eigenvalue weighted by Crippen LogP contribution is 2.43. The topological polar surface area (TPSA) is 108 Å². The molecule has 330 valence electrons. The molecule has 0 fully saturated rings. The van der Waals surface area contributed by atoms with Crippen molar-refractivity contribution in [3.8, 4) is 0 Å². The van der Waals surface area contributed by atoms with Crippen LogP contribution in [0.5, 0.6) is 0 Å². The minimum absolute atomic E-state index is 0.0114. The molecule has 0 saturated carbocycles. The van der Waals surface area contributed by atoms with Gasteiger partial charge < -0.3 is 18.9 Å². The predicted octanol–water partition coefficient (Wildman–Crippen LogP) is 12.6. The van der Waals surface area contributed by atoms with Gasteiger partial charge in [-0.05, 0) is 89.9 Å². The molecule has 0 aliphatic heterocycles. The molecule has 0 aromatic heterocycles. The highest BCUT2D eigenvalue weighted by molar-refractivity contribution is 7.47. The highest BCUT2D eigenvalue weighted by Gasteiger charge is 2.27. The molecule has 0 heterocycles. The predicted molar refractivity (Wildman–Crippen MR) is 242 cm³/mol. The lowest BCUT2D eigenvalue weighted by molar-refractivity contribution is -0.870. The molecule has 1 N–H and O–H groups in total. The molecule has 0 bridgehead atoms. The Hall–Kier alpha value is -3.07. The fraction of sp³-hybridized carbons (Fsp3) is 0.625. The third-order valence-corrected chi connectivity index (χ3v) is 9.58. The molecule has 2 atom stereocenters. The zero-order valence-electron chi connectivity index (χ0n) is 37.0. The summed E-state index contributed by atoms with van der Waals surface area (Å²) in [5.41, 5.74) is 0. The van der Waals surface area contributed by atoms with Crippen molar-refractivity contribution < 1.29 is 42.1 Å². The lowest BCUT2D eigenvalue weighted by Crippen LogP contribution is -2.37. The van der Waals surface area contributed by atoms with E-state index < -0.39 is 32.5 Å². The summed E-state index contributed by atoms with van der Waals surface area (Å²) >= 11 is 0. The van der Waals surface area contributed by atoms with Crippen LogP contribution in [0.25, 0.3) is 0 Å². The van der Waals surface area contributed by atoms with Gasteiger partial charge in [0.25, 0.3) is 0 Å². The molecule has 9 nitrogen and oxygen atoms in total. The summed E-state index contributed by atoms with van der Waals surface area (Å²) in [6.45, 7) is 4.16. The number of carbonyl (C=O) groups excluding carboxylic acids is 2. The van der Waals surface area contributed by atoms with Crippen LogP contribution < -0.4 is 0 Å². The Bertz CT molecular complexity index is 1300. The van der Waals surface area contributed by atoms with Crippen molar-refractivity contribution in [1.82, 2.24) is 0 Å². The Morgan fingerprint density at radius 2 is 1.00 bits per heavy atom. The number of hydrogen-bond acceptors (Lipinski definition) is 7. The van der Waals surface area contributed by atoms with E-state index in [0.717, 1.165) is 70.6 Å². The summed E-state index contributed by atoms with van der Waals surface area (Å²) in [5, 5.41) is 0. The van der Waals surface area contributed by atoms with E-state index in [1.807, 2.05) is 27.2 Å². The minimum atomic E-state index is -4.40. The molecule has 58 heavy (non-hydrogen) atoms. The molecule has 0 aromatic carbocycles. The van der Waals surface area contributed by atoms with Gasteiger partial charge in [-0.25, -0.2) is 4.57 Å². The number of nitrogens with zero attached hydrogens (tertiary/aromatic N) is 1. The van der Waals surface area contributed by atoms with Gasteiger partial charge in [-0.1, -0.05) is 137 Å². The molecule has 0 rings (SSSR count). The first-order valence-electron chi connectivity index (χ1n) is 22.0. The van der Waals surface area contributed by atoms with Crippen molar-refractivity contribution in [3.05, 3.63) is 97.2 Å². The number of likely N-dealkylation sites (N-methyl/N-ethyl adjacent to an activating group) is 1. The number of allylic oxidation sites excluding steroid dienone is 16. The largest absolute Gasteiger partial charge is 0.472 e. The maximum Gasteiger partial charge on any atom is 0.472 e. The van der Waals surface area contributed by atoms with E-state index in [1.165, 1.54) is 25.7 Å². The van der Waals surface area contributed by atoms with E-state index in [4.69, 9.17) is 18.5 Å². The molecule has 0 radical (unpaired) electrons. The molecule has 0 saturated heterocycles. The van der Waals surface area contributed by atoms with Crippen molar-refractivity contribution in [3.63, 3.8) is 0 Å². The third kappa shape index (κ3) is 42.5. The normalized spacial score (nSPS) is 14.5. The number of carbonyl (C=O) groups is 2. The summed E-state index contributed by atoms with van der Waals surface area (Å²) < 4.78 is 34.2. The Morgan fingerprint density at radius 1 is 0.552 bits per heavy atom. The van der Waals surface area contributed by atoms with Gasteiger partial charge in [-0.3, -0.25) is 18.6 Å². The summed E-state index contributed by atoms with van der Waals surface area (Å²) in [7, 11) is 1.41. The lowest BCUT2D eigenvalue weighted by atomic mass is 10.1. The second kappa shape index (κ2) is 39.4. The number of quaternary nitrogens is 1. The smallest absolute Gasteiger partial charge is 0.462 e. The molecule has 0 aliphatic rings. The van der Waals surface area contributed by atoms with Crippen molar-refractivity contribution in [2.45, 2.75) is 148 Å². The van der Waals surface area contributed by atoms with E-state index in [1.54, 1.807) is 0 Å². The first-order valence-corrected chi connectivity index (χ1v) is 23.5. The summed E-state index contributed by atoms with van der Waals surface area (Å²) in [6, 6.07) is 0. The zero-order chi connectivity index (χ0) is 42.8. The van der Waals surface area contributed by atoms with Crippen LogP contribution in [-0.2, 0) is 32.7 Å². The Balaban J connectivity index is 4.53. The van der Waals surface area contributed by atoms with Gasteiger partial charge in [0.05, 0.1) is 27.7 Å². The van der Waals surface area contributed by atoms with Gasteiger partial charge in [0.1, 0.15) is 19.8 Å². The number of hydrogen-bond donors (Lipinski definition) is 1. The number of ether oxygens (including phenoxy) is 2. The monoisotopic (exact) mass is 831 g/mol. The molecule has 10 heteroatoms. The van der Waals surface area contributed by atoms with Crippen LogP contribution in [0.4, 0.5) is 0 Å². The van der Waals surface area contributed by atoms with E-state index in [2.05, 4.69) is 105 Å². The standard InChI is InChI=1S/C48H80NO8P/c1-6-8-10-12-14-16-18-20-22-24-26-28-30-32-34-36-38-40-47(50)54-44-46(45-56-58(52,53)55-43-42-49(3,4)5)57-48(51)41-39-37-35-33-31-29-27-25-23-21-19-17-15-13-11-9-7-2/h9,11,14-17,20-23,26-29,33,35,46H,6-8,10,12-13,18-19,24-25,30-32,34,36-45H2,1-5H3/p+1/b11-9-,16-14-,17-15-,22-20-,23-21-,28-26-,29-27-,35-33-/t46-/m1/s1. The van der Waals surface area contributed by atoms with Crippen LogP contribution in [0, 0.1) is 0 Å². The van der Waals surface area contributed by atoms with E-state index >= 15 is 0 Å². The van der Waals surface area contributed by atoms with Gasteiger partial charge in [0.15, 0.2) is 6.10 Å².